The average molecular weight is 634 g/mol. The maximum absolute atomic E-state index is 14.8. The molecule has 0 unspecified atom stereocenters. The van der Waals surface area contributed by atoms with Crippen molar-refractivity contribution in [2.45, 2.75) is 63.2 Å². The minimum atomic E-state index is -5.08. The van der Waals surface area contributed by atoms with Crippen LogP contribution in [0.1, 0.15) is 78.0 Å². The van der Waals surface area contributed by atoms with Crippen LogP contribution in [-0.4, -0.2) is 12.8 Å². The first kappa shape index (κ1) is 31.6. The number of alkyl halides is 9. The van der Waals surface area contributed by atoms with Gasteiger partial charge in [0.25, 0.3) is 0 Å². The molecule has 1 saturated carbocycles. The second kappa shape index (κ2) is 11.0. The van der Waals surface area contributed by atoms with Crippen molar-refractivity contribution >= 4 is 5.71 Å². The van der Waals surface area contributed by atoms with Gasteiger partial charge in [0.05, 0.1) is 29.5 Å². The molecule has 236 valence electrons. The normalized spacial score (nSPS) is 20.5. The Labute approximate surface area is 245 Å². The van der Waals surface area contributed by atoms with E-state index in [9.17, 15) is 43.9 Å². The first-order chi connectivity index (χ1) is 20.4. The van der Waals surface area contributed by atoms with Crippen LogP contribution in [0.5, 0.6) is 5.75 Å². The Kier molecular flexibility index (Phi) is 7.90. The van der Waals surface area contributed by atoms with Crippen LogP contribution in [0, 0.1) is 11.7 Å². The van der Waals surface area contributed by atoms with Crippen molar-refractivity contribution < 1.29 is 53.5 Å². The summed E-state index contributed by atoms with van der Waals surface area (Å²) in [5.74, 6) is -2.41. The molecule has 3 nitrogen and oxygen atoms in total. The molecule has 0 spiro atoms. The van der Waals surface area contributed by atoms with Gasteiger partial charge in [-0.05, 0) is 77.4 Å². The number of benzene rings is 3. The zero-order chi connectivity index (χ0) is 32.4. The third-order valence-electron chi connectivity index (χ3n) is 8.06. The Morgan fingerprint density at radius 1 is 0.773 bits per heavy atom. The predicted molar refractivity (Wildman–Crippen MR) is 141 cm³/mol. The van der Waals surface area contributed by atoms with Crippen molar-refractivity contribution in [2.24, 2.45) is 11.1 Å². The fourth-order valence-corrected chi connectivity index (χ4v) is 5.95. The number of halogens is 10. The van der Waals surface area contributed by atoms with E-state index in [0.29, 0.717) is 23.3 Å². The van der Waals surface area contributed by atoms with E-state index in [4.69, 9.17) is 9.57 Å². The fraction of sp³-hybridized carbons (Fsp3) is 0.387. The molecule has 3 aromatic rings. The van der Waals surface area contributed by atoms with E-state index in [1.54, 1.807) is 13.8 Å². The summed E-state index contributed by atoms with van der Waals surface area (Å²) in [5, 5.41) is 4.01. The van der Waals surface area contributed by atoms with Gasteiger partial charge in [-0.25, -0.2) is 4.39 Å². The molecule has 0 saturated heterocycles. The largest absolute Gasteiger partial charge is 0.496 e. The van der Waals surface area contributed by atoms with Crippen molar-refractivity contribution in [1.82, 2.24) is 0 Å². The Morgan fingerprint density at radius 2 is 1.39 bits per heavy atom. The van der Waals surface area contributed by atoms with E-state index in [0.717, 1.165) is 18.2 Å². The number of methoxy groups -OCH3 is 1. The van der Waals surface area contributed by atoms with Crippen LogP contribution in [0.2, 0.25) is 0 Å². The Bertz CT molecular complexity index is 1570. The highest BCUT2D eigenvalue weighted by molar-refractivity contribution is 5.97. The summed E-state index contributed by atoms with van der Waals surface area (Å²) >= 11 is 0. The van der Waals surface area contributed by atoms with Gasteiger partial charge in [-0.3, -0.25) is 0 Å². The lowest BCUT2D eigenvalue weighted by Gasteiger charge is -2.21. The minimum Gasteiger partial charge on any atom is -0.496 e. The third-order valence-corrected chi connectivity index (χ3v) is 8.06. The van der Waals surface area contributed by atoms with E-state index in [1.165, 1.54) is 19.2 Å². The maximum Gasteiger partial charge on any atom is 0.416 e. The molecule has 13 heteroatoms. The lowest BCUT2D eigenvalue weighted by molar-refractivity contribution is -0.143. The van der Waals surface area contributed by atoms with E-state index in [-0.39, 0.29) is 47.4 Å². The molecule has 1 heterocycles. The van der Waals surface area contributed by atoms with E-state index in [2.05, 4.69) is 5.16 Å². The highest BCUT2D eigenvalue weighted by atomic mass is 19.4. The lowest BCUT2D eigenvalue weighted by Crippen LogP contribution is -2.18. The quantitative estimate of drug-likeness (QED) is 0.262. The molecule has 0 N–H and O–H groups in total. The molecule has 0 aromatic heterocycles. The van der Waals surface area contributed by atoms with Gasteiger partial charge < -0.3 is 9.57 Å². The molecule has 0 bridgehead atoms. The summed E-state index contributed by atoms with van der Waals surface area (Å²) < 4.78 is 143. The summed E-state index contributed by atoms with van der Waals surface area (Å²) in [6.45, 7) is 3.49. The number of oxime groups is 1. The molecule has 44 heavy (non-hydrogen) atoms. The molecular formula is C31H25F10NO2. The van der Waals surface area contributed by atoms with Crippen molar-refractivity contribution in [3.63, 3.8) is 0 Å². The monoisotopic (exact) mass is 633 g/mol. The smallest absolute Gasteiger partial charge is 0.416 e. The average Bonchev–Trinajstić information content (AvgIpc) is 3.53. The lowest BCUT2D eigenvalue weighted by atomic mass is 9.84. The van der Waals surface area contributed by atoms with Crippen LogP contribution in [-0.2, 0) is 23.4 Å². The summed E-state index contributed by atoms with van der Waals surface area (Å²) in [4.78, 5) is 5.40. The number of ether oxygens (including phenoxy) is 1. The molecule has 0 amide bonds. The van der Waals surface area contributed by atoms with E-state index in [1.807, 2.05) is 0 Å². The van der Waals surface area contributed by atoms with Crippen LogP contribution in [0.3, 0.4) is 0 Å². The highest BCUT2D eigenvalue weighted by Crippen LogP contribution is 2.52. The van der Waals surface area contributed by atoms with Crippen LogP contribution < -0.4 is 4.74 Å². The Balaban J connectivity index is 1.61. The zero-order valence-corrected chi connectivity index (χ0v) is 23.4. The van der Waals surface area contributed by atoms with Gasteiger partial charge in [0.2, 0.25) is 0 Å². The number of hydrogen-bond acceptors (Lipinski definition) is 3. The number of hydrogen-bond donors (Lipinski definition) is 0. The molecular weight excluding hydrogens is 608 g/mol. The second-order valence-corrected chi connectivity index (χ2v) is 11.1. The summed E-state index contributed by atoms with van der Waals surface area (Å²) in [5.41, 5.74) is -3.17. The third kappa shape index (κ3) is 5.84. The van der Waals surface area contributed by atoms with Crippen LogP contribution in [0.15, 0.2) is 53.7 Å². The molecule has 3 aromatic carbocycles. The van der Waals surface area contributed by atoms with Crippen molar-refractivity contribution in [1.29, 1.82) is 0 Å². The molecule has 1 fully saturated rings. The zero-order valence-electron chi connectivity index (χ0n) is 23.4. The molecule has 1 aliphatic heterocycles. The van der Waals surface area contributed by atoms with Crippen LogP contribution >= 0.6 is 0 Å². The van der Waals surface area contributed by atoms with E-state index >= 15 is 0 Å². The molecule has 3 atom stereocenters. The fourth-order valence-electron chi connectivity index (χ4n) is 5.95. The first-order valence-electron chi connectivity index (χ1n) is 13.5. The summed E-state index contributed by atoms with van der Waals surface area (Å²) in [6, 6.07) is 6.82. The topological polar surface area (TPSA) is 30.8 Å². The van der Waals surface area contributed by atoms with Crippen molar-refractivity contribution in [3.8, 4) is 16.9 Å². The Hall–Kier alpha value is -3.77. The predicted octanol–water partition coefficient (Wildman–Crippen LogP) is 10.3. The Morgan fingerprint density at radius 3 is 1.93 bits per heavy atom. The standard InChI is InChI=1S/C31H25F10NO2/c1-14(2)22-12-24(26(43-3)13-25(22)32)19-5-4-16(29(33,34)35)11-23(19)20-6-7-21-27(20)42-44-28(21)15-8-17(30(36,37)38)10-18(9-15)31(39,40)41/h4-5,8-14,20-21,28H,6-7H2,1-3H3/t20-,21+,28+/m0/s1. The van der Waals surface area contributed by atoms with Gasteiger partial charge >= 0.3 is 18.5 Å². The van der Waals surface area contributed by atoms with Gasteiger partial charge in [0.15, 0.2) is 6.10 Å². The second-order valence-electron chi connectivity index (χ2n) is 11.1. The highest BCUT2D eigenvalue weighted by Gasteiger charge is 2.47. The SMILES string of the molecule is COc1cc(F)c(C(C)C)cc1-c1ccc(C(F)(F)F)cc1[C@@H]1CC[C@@H]2C1=NO[C@@H]2c1cc(C(F)(F)F)cc(C(F)(F)F)c1. The van der Waals surface area contributed by atoms with Crippen LogP contribution in [0.25, 0.3) is 11.1 Å². The van der Waals surface area contributed by atoms with Crippen molar-refractivity contribution in [2.75, 3.05) is 7.11 Å². The van der Waals surface area contributed by atoms with Gasteiger partial charge in [-0.15, -0.1) is 0 Å². The van der Waals surface area contributed by atoms with Gasteiger partial charge in [0, 0.05) is 23.5 Å². The maximum atomic E-state index is 14.8. The van der Waals surface area contributed by atoms with Gasteiger partial charge in [0.1, 0.15) is 11.6 Å². The number of nitrogens with zero attached hydrogens (tertiary/aromatic N) is 1. The van der Waals surface area contributed by atoms with Gasteiger partial charge in [-0.1, -0.05) is 25.1 Å². The van der Waals surface area contributed by atoms with Crippen molar-refractivity contribution in [3.05, 3.63) is 87.7 Å². The first-order valence-corrected chi connectivity index (χ1v) is 13.5. The number of rotatable bonds is 5. The summed E-state index contributed by atoms with van der Waals surface area (Å²) in [6.07, 6.45) is -15.9. The minimum absolute atomic E-state index is 0.00802. The molecule has 2 aliphatic rings. The molecule has 0 radical (unpaired) electrons. The van der Waals surface area contributed by atoms with Gasteiger partial charge in [-0.2, -0.15) is 39.5 Å². The number of fused-ring (bicyclic) bond motifs is 1. The molecule has 5 rings (SSSR count). The molecule has 1 aliphatic carbocycles. The van der Waals surface area contributed by atoms with Crippen LogP contribution in [0.4, 0.5) is 43.9 Å². The summed E-state index contributed by atoms with van der Waals surface area (Å²) in [7, 11) is 1.28. The van der Waals surface area contributed by atoms with E-state index < -0.39 is 64.5 Å².